The third-order valence-corrected chi connectivity index (χ3v) is 3.97. The zero-order valence-electron chi connectivity index (χ0n) is 12.3. The summed E-state index contributed by atoms with van der Waals surface area (Å²) in [6.07, 6.45) is 2.04. The van der Waals surface area contributed by atoms with E-state index in [4.69, 9.17) is 0 Å². The van der Waals surface area contributed by atoms with Crippen LogP contribution in [0.5, 0.6) is 0 Å². The molecule has 0 saturated carbocycles. The maximum atomic E-state index is 12.1. The van der Waals surface area contributed by atoms with E-state index in [0.717, 1.165) is 25.9 Å². The second-order valence-corrected chi connectivity index (χ2v) is 5.63. The molecule has 1 heterocycles. The van der Waals surface area contributed by atoms with Gasteiger partial charge in [-0.2, -0.15) is 0 Å². The second-order valence-electron chi connectivity index (χ2n) is 5.63. The Morgan fingerprint density at radius 1 is 1.29 bits per heavy atom. The van der Waals surface area contributed by atoms with E-state index in [9.17, 15) is 14.7 Å². The number of aliphatic carboxylic acids is 1. The molecule has 1 aromatic carbocycles. The van der Waals surface area contributed by atoms with Crippen LogP contribution in [0.3, 0.4) is 0 Å². The molecule has 1 atom stereocenters. The van der Waals surface area contributed by atoms with E-state index in [0.29, 0.717) is 11.5 Å². The number of hydrogen-bond donors (Lipinski definition) is 2. The average Bonchev–Trinajstić information content (AvgIpc) is 2.48. The minimum atomic E-state index is -0.971. The van der Waals surface area contributed by atoms with Crippen LogP contribution in [0.1, 0.15) is 31.4 Å². The molecular formula is C16H22N2O3. The van der Waals surface area contributed by atoms with E-state index >= 15 is 0 Å². The first-order valence-corrected chi connectivity index (χ1v) is 7.37. The monoisotopic (exact) mass is 290 g/mol. The summed E-state index contributed by atoms with van der Waals surface area (Å²) in [6, 6.07) is 8.07. The van der Waals surface area contributed by atoms with Gasteiger partial charge in [-0.05, 0) is 24.3 Å². The molecule has 1 unspecified atom stereocenters. The van der Waals surface area contributed by atoms with Crippen molar-refractivity contribution in [3.63, 3.8) is 0 Å². The lowest BCUT2D eigenvalue weighted by molar-refractivity contribution is -0.140. The predicted molar refractivity (Wildman–Crippen MR) is 79.8 cm³/mol. The van der Waals surface area contributed by atoms with Gasteiger partial charge in [0.15, 0.2) is 0 Å². The molecule has 0 bridgehead atoms. The molecule has 1 aliphatic heterocycles. The molecule has 2 N–H and O–H groups in total. The molecule has 0 spiro atoms. The zero-order chi connectivity index (χ0) is 15.2. The van der Waals surface area contributed by atoms with Gasteiger partial charge in [-0.3, -0.25) is 14.9 Å². The Balaban J connectivity index is 1.90. The van der Waals surface area contributed by atoms with Crippen LogP contribution in [0, 0.1) is 5.92 Å². The summed E-state index contributed by atoms with van der Waals surface area (Å²) in [5, 5.41) is 12.2. The van der Waals surface area contributed by atoms with Crippen molar-refractivity contribution in [1.29, 1.82) is 0 Å². The Bertz CT molecular complexity index is 482. The van der Waals surface area contributed by atoms with Gasteiger partial charge in [0.1, 0.15) is 6.04 Å². The Morgan fingerprint density at radius 2 is 1.90 bits per heavy atom. The molecule has 5 heteroatoms. The maximum Gasteiger partial charge on any atom is 0.325 e. The topological polar surface area (TPSA) is 69.6 Å². The number of amides is 1. The third kappa shape index (κ3) is 4.29. The van der Waals surface area contributed by atoms with Gasteiger partial charge in [0.25, 0.3) is 0 Å². The molecular weight excluding hydrogens is 268 g/mol. The molecule has 5 nitrogen and oxygen atoms in total. The summed E-state index contributed by atoms with van der Waals surface area (Å²) >= 11 is 0. The number of nitrogens with zero attached hydrogens (tertiary/aromatic N) is 1. The van der Waals surface area contributed by atoms with Crippen LogP contribution in [0.25, 0.3) is 0 Å². The summed E-state index contributed by atoms with van der Waals surface area (Å²) in [5.74, 6) is -0.330. The van der Waals surface area contributed by atoms with E-state index in [2.05, 4.69) is 12.2 Å². The molecule has 2 rings (SSSR count). The smallest absolute Gasteiger partial charge is 0.325 e. The Kier molecular flexibility index (Phi) is 5.33. The number of carbonyl (C=O) groups is 2. The molecule has 1 fully saturated rings. The van der Waals surface area contributed by atoms with Gasteiger partial charge in [-0.25, -0.2) is 0 Å². The van der Waals surface area contributed by atoms with Crippen LogP contribution >= 0.6 is 0 Å². The predicted octanol–water partition coefficient (Wildman–Crippen LogP) is 1.66. The van der Waals surface area contributed by atoms with Crippen LogP contribution in [0.15, 0.2) is 30.3 Å². The van der Waals surface area contributed by atoms with Crippen molar-refractivity contribution < 1.29 is 14.7 Å². The van der Waals surface area contributed by atoms with Crippen molar-refractivity contribution in [2.24, 2.45) is 5.92 Å². The van der Waals surface area contributed by atoms with Crippen LogP contribution in [0.2, 0.25) is 0 Å². The highest BCUT2D eigenvalue weighted by molar-refractivity contribution is 5.80. The fourth-order valence-electron chi connectivity index (χ4n) is 2.55. The molecule has 0 aromatic heterocycles. The molecule has 0 radical (unpaired) electrons. The summed E-state index contributed by atoms with van der Waals surface area (Å²) in [4.78, 5) is 25.3. The minimum absolute atomic E-state index is 0.0240. The number of carboxylic acid groups (broad SMARTS) is 1. The van der Waals surface area contributed by atoms with Crippen molar-refractivity contribution in [3.05, 3.63) is 35.9 Å². The van der Waals surface area contributed by atoms with Gasteiger partial charge < -0.3 is 10.0 Å². The lowest BCUT2D eigenvalue weighted by Crippen LogP contribution is -2.44. The molecule has 114 valence electrons. The fourth-order valence-corrected chi connectivity index (χ4v) is 2.55. The van der Waals surface area contributed by atoms with Gasteiger partial charge >= 0.3 is 5.97 Å². The molecule has 1 aromatic rings. The van der Waals surface area contributed by atoms with Gasteiger partial charge in [-0.15, -0.1) is 0 Å². The van der Waals surface area contributed by atoms with E-state index in [1.54, 1.807) is 24.3 Å². The average molecular weight is 290 g/mol. The third-order valence-electron chi connectivity index (χ3n) is 3.97. The van der Waals surface area contributed by atoms with Crippen molar-refractivity contribution in [3.8, 4) is 0 Å². The Hall–Kier alpha value is -1.88. The van der Waals surface area contributed by atoms with Crippen LogP contribution < -0.4 is 5.32 Å². The fraction of sp³-hybridized carbons (Fsp3) is 0.500. The summed E-state index contributed by atoms with van der Waals surface area (Å²) in [6.45, 7) is 3.78. The number of carboxylic acids is 1. The van der Waals surface area contributed by atoms with Gasteiger partial charge in [0.05, 0.1) is 6.54 Å². The van der Waals surface area contributed by atoms with E-state index in [-0.39, 0.29) is 12.5 Å². The SMILES string of the molecule is CC1CCN(C(=O)CNC(C(=O)O)c2ccccc2)CC1. The molecule has 1 amide bonds. The second kappa shape index (κ2) is 7.22. The summed E-state index contributed by atoms with van der Waals surface area (Å²) < 4.78 is 0. The number of rotatable bonds is 5. The van der Waals surface area contributed by atoms with Crippen molar-refractivity contribution in [2.45, 2.75) is 25.8 Å². The number of carbonyl (C=O) groups excluding carboxylic acids is 1. The Labute approximate surface area is 125 Å². The highest BCUT2D eigenvalue weighted by Crippen LogP contribution is 2.16. The highest BCUT2D eigenvalue weighted by Gasteiger charge is 2.23. The van der Waals surface area contributed by atoms with Crippen molar-refractivity contribution in [1.82, 2.24) is 10.2 Å². The molecule has 1 aliphatic rings. The highest BCUT2D eigenvalue weighted by atomic mass is 16.4. The van der Waals surface area contributed by atoms with E-state index in [1.807, 2.05) is 11.0 Å². The van der Waals surface area contributed by atoms with Gasteiger partial charge in [0.2, 0.25) is 5.91 Å². The van der Waals surface area contributed by atoms with Crippen LogP contribution in [0.4, 0.5) is 0 Å². The largest absolute Gasteiger partial charge is 0.480 e. The van der Waals surface area contributed by atoms with Gasteiger partial charge in [-0.1, -0.05) is 37.3 Å². The first-order valence-electron chi connectivity index (χ1n) is 7.37. The normalized spacial score (nSPS) is 17.5. The van der Waals surface area contributed by atoms with Crippen LogP contribution in [-0.4, -0.2) is 41.5 Å². The number of benzene rings is 1. The zero-order valence-corrected chi connectivity index (χ0v) is 12.3. The molecule has 1 saturated heterocycles. The lowest BCUT2D eigenvalue weighted by atomic mass is 9.99. The number of nitrogens with one attached hydrogen (secondary N) is 1. The first kappa shape index (κ1) is 15.5. The number of hydrogen-bond acceptors (Lipinski definition) is 3. The lowest BCUT2D eigenvalue weighted by Gasteiger charge is -2.30. The Morgan fingerprint density at radius 3 is 2.48 bits per heavy atom. The summed E-state index contributed by atoms with van der Waals surface area (Å²) in [7, 11) is 0. The van der Waals surface area contributed by atoms with E-state index in [1.165, 1.54) is 0 Å². The van der Waals surface area contributed by atoms with Crippen molar-refractivity contribution >= 4 is 11.9 Å². The van der Waals surface area contributed by atoms with Crippen LogP contribution in [-0.2, 0) is 9.59 Å². The maximum absolute atomic E-state index is 12.1. The number of likely N-dealkylation sites (tertiary alicyclic amines) is 1. The van der Waals surface area contributed by atoms with E-state index < -0.39 is 12.0 Å². The molecule has 0 aliphatic carbocycles. The van der Waals surface area contributed by atoms with Gasteiger partial charge in [0, 0.05) is 13.1 Å². The van der Waals surface area contributed by atoms with Crippen molar-refractivity contribution in [2.75, 3.05) is 19.6 Å². The number of piperidine rings is 1. The minimum Gasteiger partial charge on any atom is -0.480 e. The first-order chi connectivity index (χ1) is 10.1. The quantitative estimate of drug-likeness (QED) is 0.865. The summed E-state index contributed by atoms with van der Waals surface area (Å²) in [5.41, 5.74) is 0.657. The standard InChI is InChI=1S/C16H22N2O3/c1-12-7-9-18(10-8-12)14(19)11-17-15(16(20)21)13-5-3-2-4-6-13/h2-6,12,15,17H,7-11H2,1H3,(H,20,21). The molecule has 21 heavy (non-hydrogen) atoms.